The SMILES string of the molecule is Nc1nc2cc(C3CC[C@]4(CCC(n5ccc6c(N)ncnc65)C4)C3)ccc2cc1-n1nnc2ccccc21. The number of benzene rings is 2. The van der Waals surface area contributed by atoms with Crippen LogP contribution in [0.1, 0.15) is 56.0 Å². The van der Waals surface area contributed by atoms with Gasteiger partial charge in [-0.1, -0.05) is 29.5 Å². The van der Waals surface area contributed by atoms with Crippen molar-refractivity contribution in [3.05, 3.63) is 72.7 Å². The number of aromatic nitrogens is 7. The first-order chi connectivity index (χ1) is 19.1. The Bertz CT molecular complexity index is 1890. The molecule has 6 aromatic rings. The minimum atomic E-state index is 0.379. The number of para-hydroxylation sites is 1. The van der Waals surface area contributed by atoms with Crippen molar-refractivity contribution in [3.8, 4) is 5.69 Å². The number of pyridine rings is 1. The molecular formula is C30H29N9. The fraction of sp³-hybridized carbons (Fsp3) is 0.300. The highest BCUT2D eigenvalue weighted by Crippen LogP contribution is 2.58. The molecule has 4 aromatic heterocycles. The van der Waals surface area contributed by atoms with Crippen molar-refractivity contribution in [2.75, 3.05) is 11.5 Å². The summed E-state index contributed by atoms with van der Waals surface area (Å²) in [6.07, 6.45) is 11.0. The van der Waals surface area contributed by atoms with Crippen LogP contribution in [0.2, 0.25) is 0 Å². The number of fused-ring (bicyclic) bond motifs is 3. The monoisotopic (exact) mass is 515 g/mol. The molecule has 9 nitrogen and oxygen atoms in total. The molecular weight excluding hydrogens is 486 g/mol. The summed E-state index contributed by atoms with van der Waals surface area (Å²) in [5.74, 6) is 1.55. The minimum Gasteiger partial charge on any atom is -0.383 e. The molecule has 0 aliphatic heterocycles. The normalized spacial score (nSPS) is 23.1. The molecule has 1 spiro atoms. The lowest BCUT2D eigenvalue weighted by molar-refractivity contribution is 0.291. The van der Waals surface area contributed by atoms with Gasteiger partial charge in [0, 0.05) is 17.6 Å². The highest BCUT2D eigenvalue weighted by Gasteiger charge is 2.45. The predicted octanol–water partition coefficient (Wildman–Crippen LogP) is 5.56. The van der Waals surface area contributed by atoms with Crippen LogP contribution in [0.4, 0.5) is 11.6 Å². The Kier molecular flexibility index (Phi) is 4.74. The van der Waals surface area contributed by atoms with Crippen LogP contribution in [-0.2, 0) is 0 Å². The standard InChI is InChI=1S/C30H29N9/c31-27-22-9-12-38(29(22)34-17-33-27)21-8-11-30(16-21)10-7-20(15-30)18-5-6-19-14-26(28(32)35-24(19)13-18)39-25-4-2-1-3-23(25)36-37-39/h1-6,9,12-14,17,20-21H,7-8,10-11,15-16H2,(H2,32,35)(H2,31,33,34)/t20?,21?,30-/m0/s1. The third kappa shape index (κ3) is 3.49. The summed E-state index contributed by atoms with van der Waals surface area (Å²) in [4.78, 5) is 13.5. The van der Waals surface area contributed by atoms with Crippen LogP contribution in [0.5, 0.6) is 0 Å². The number of rotatable bonds is 3. The lowest BCUT2D eigenvalue weighted by atomic mass is 9.82. The molecule has 2 aromatic carbocycles. The van der Waals surface area contributed by atoms with Gasteiger partial charge < -0.3 is 16.0 Å². The first-order valence-corrected chi connectivity index (χ1v) is 13.6. The van der Waals surface area contributed by atoms with E-state index in [2.05, 4.69) is 61.4 Å². The summed E-state index contributed by atoms with van der Waals surface area (Å²) < 4.78 is 4.10. The van der Waals surface area contributed by atoms with Crippen molar-refractivity contribution in [2.24, 2.45) is 5.41 Å². The number of hydrogen-bond acceptors (Lipinski definition) is 7. The third-order valence-corrected chi connectivity index (χ3v) is 9.21. The van der Waals surface area contributed by atoms with Gasteiger partial charge in [-0.3, -0.25) is 0 Å². The molecule has 2 fully saturated rings. The second kappa shape index (κ2) is 8.23. The highest BCUT2D eigenvalue weighted by atomic mass is 15.4. The van der Waals surface area contributed by atoms with E-state index in [1.165, 1.54) is 44.1 Å². The Morgan fingerprint density at radius 1 is 0.872 bits per heavy atom. The van der Waals surface area contributed by atoms with Crippen molar-refractivity contribution in [1.82, 2.24) is 34.5 Å². The molecule has 9 heteroatoms. The molecule has 2 saturated carbocycles. The van der Waals surface area contributed by atoms with Gasteiger partial charge in [-0.05, 0) is 85.8 Å². The Hall–Kier alpha value is -4.53. The van der Waals surface area contributed by atoms with Crippen molar-refractivity contribution < 1.29 is 0 Å². The average molecular weight is 516 g/mol. The number of nitrogens with two attached hydrogens (primary N) is 2. The number of anilines is 2. The van der Waals surface area contributed by atoms with Gasteiger partial charge in [0.2, 0.25) is 0 Å². The van der Waals surface area contributed by atoms with Gasteiger partial charge in [0.05, 0.1) is 16.4 Å². The van der Waals surface area contributed by atoms with Gasteiger partial charge in [0.25, 0.3) is 0 Å². The van der Waals surface area contributed by atoms with Crippen LogP contribution in [0.3, 0.4) is 0 Å². The maximum Gasteiger partial charge on any atom is 0.150 e. The zero-order valence-corrected chi connectivity index (χ0v) is 21.5. The van der Waals surface area contributed by atoms with Crippen LogP contribution in [0, 0.1) is 5.41 Å². The maximum absolute atomic E-state index is 6.46. The van der Waals surface area contributed by atoms with Crippen LogP contribution in [-0.4, -0.2) is 34.5 Å². The second-order valence-corrected chi connectivity index (χ2v) is 11.4. The summed E-state index contributed by atoms with van der Waals surface area (Å²) in [7, 11) is 0. The van der Waals surface area contributed by atoms with E-state index in [0.29, 0.717) is 29.0 Å². The fourth-order valence-electron chi connectivity index (χ4n) is 7.26. The van der Waals surface area contributed by atoms with E-state index in [-0.39, 0.29) is 0 Å². The Balaban J connectivity index is 1.05. The average Bonchev–Trinajstić information content (AvgIpc) is 3.75. The molecule has 0 bridgehead atoms. The second-order valence-electron chi connectivity index (χ2n) is 11.4. The molecule has 2 unspecified atom stereocenters. The first kappa shape index (κ1) is 22.5. The molecule has 0 amide bonds. The maximum atomic E-state index is 6.46. The van der Waals surface area contributed by atoms with E-state index >= 15 is 0 Å². The molecule has 2 aliphatic carbocycles. The topological polar surface area (TPSA) is 126 Å². The quantitative estimate of drug-likeness (QED) is 0.316. The van der Waals surface area contributed by atoms with Crippen molar-refractivity contribution >= 4 is 44.6 Å². The highest BCUT2D eigenvalue weighted by molar-refractivity contribution is 5.87. The van der Waals surface area contributed by atoms with E-state index in [1.807, 2.05) is 24.3 Å². The van der Waals surface area contributed by atoms with E-state index < -0.39 is 0 Å². The third-order valence-electron chi connectivity index (χ3n) is 9.21. The van der Waals surface area contributed by atoms with Crippen molar-refractivity contribution in [1.29, 1.82) is 0 Å². The molecule has 8 rings (SSSR count). The summed E-state index contributed by atoms with van der Waals surface area (Å²) in [6, 6.07) is 19.1. The lowest BCUT2D eigenvalue weighted by Gasteiger charge is -2.24. The molecule has 4 N–H and O–H groups in total. The summed E-state index contributed by atoms with van der Waals surface area (Å²) in [5, 5.41) is 10.6. The van der Waals surface area contributed by atoms with Crippen LogP contribution in [0.25, 0.3) is 38.7 Å². The molecule has 3 atom stereocenters. The zero-order chi connectivity index (χ0) is 26.1. The van der Waals surface area contributed by atoms with E-state index in [9.17, 15) is 0 Å². The molecule has 39 heavy (non-hydrogen) atoms. The molecule has 0 radical (unpaired) electrons. The van der Waals surface area contributed by atoms with E-state index in [4.69, 9.17) is 16.5 Å². The largest absolute Gasteiger partial charge is 0.383 e. The predicted molar refractivity (Wildman–Crippen MR) is 152 cm³/mol. The molecule has 194 valence electrons. The van der Waals surface area contributed by atoms with Crippen LogP contribution in [0.15, 0.2) is 67.1 Å². The van der Waals surface area contributed by atoms with Crippen LogP contribution < -0.4 is 11.5 Å². The Morgan fingerprint density at radius 3 is 2.72 bits per heavy atom. The number of hydrogen-bond donors (Lipinski definition) is 2. The Morgan fingerprint density at radius 2 is 1.77 bits per heavy atom. The van der Waals surface area contributed by atoms with Crippen molar-refractivity contribution in [2.45, 2.75) is 50.5 Å². The molecule has 0 saturated heterocycles. The van der Waals surface area contributed by atoms with Gasteiger partial charge in [-0.2, -0.15) is 0 Å². The Labute approximate surface area is 224 Å². The van der Waals surface area contributed by atoms with Gasteiger partial charge in [-0.15, -0.1) is 5.10 Å². The lowest BCUT2D eigenvalue weighted by Crippen LogP contribution is -2.14. The fourth-order valence-corrected chi connectivity index (χ4v) is 7.26. The summed E-state index contributed by atoms with van der Waals surface area (Å²) in [6.45, 7) is 0. The van der Waals surface area contributed by atoms with E-state index in [0.717, 1.165) is 38.7 Å². The summed E-state index contributed by atoms with van der Waals surface area (Å²) >= 11 is 0. The smallest absolute Gasteiger partial charge is 0.150 e. The van der Waals surface area contributed by atoms with Crippen molar-refractivity contribution in [3.63, 3.8) is 0 Å². The van der Waals surface area contributed by atoms with E-state index in [1.54, 1.807) is 11.0 Å². The number of nitrogen functional groups attached to an aromatic ring is 2. The molecule has 4 heterocycles. The van der Waals surface area contributed by atoms with Crippen LogP contribution >= 0.6 is 0 Å². The van der Waals surface area contributed by atoms with Gasteiger partial charge in [-0.25, -0.2) is 19.6 Å². The van der Waals surface area contributed by atoms with Gasteiger partial charge in [0.15, 0.2) is 0 Å². The minimum absolute atomic E-state index is 0.379. The summed E-state index contributed by atoms with van der Waals surface area (Å²) in [5.41, 5.74) is 18.7. The first-order valence-electron chi connectivity index (χ1n) is 13.6. The molecule has 2 aliphatic rings. The van der Waals surface area contributed by atoms with Gasteiger partial charge in [0.1, 0.15) is 34.8 Å². The van der Waals surface area contributed by atoms with Gasteiger partial charge >= 0.3 is 0 Å². The zero-order valence-electron chi connectivity index (χ0n) is 21.5. The number of nitrogens with zero attached hydrogens (tertiary/aromatic N) is 7.